The number of amides is 2. The van der Waals surface area contributed by atoms with Crippen LogP contribution in [0.15, 0.2) is 18.2 Å². The normalized spacial score (nSPS) is 18.0. The predicted octanol–water partition coefficient (Wildman–Crippen LogP) is 5.39. The number of hydrogen-bond acceptors (Lipinski definition) is 3. The molecule has 0 saturated carbocycles. The maximum absolute atomic E-state index is 13.1. The topological polar surface area (TPSA) is 74.7 Å². The summed E-state index contributed by atoms with van der Waals surface area (Å²) in [6, 6.07) is 4.19. The predicted molar refractivity (Wildman–Crippen MR) is 110 cm³/mol. The van der Waals surface area contributed by atoms with E-state index in [2.05, 4.69) is 34.6 Å². The Morgan fingerprint density at radius 2 is 1.57 bits per heavy atom. The molecule has 0 radical (unpaired) electrons. The molecule has 1 N–H and O–H groups in total. The minimum Gasteiger partial charge on any atom is -0.478 e. The van der Waals surface area contributed by atoms with Crippen molar-refractivity contribution < 1.29 is 19.5 Å². The molecule has 0 fully saturated rings. The Balaban J connectivity index is 2.46. The van der Waals surface area contributed by atoms with E-state index in [0.717, 1.165) is 38.5 Å². The van der Waals surface area contributed by atoms with E-state index in [1.807, 2.05) is 0 Å². The zero-order chi connectivity index (χ0) is 21.1. The Hall–Kier alpha value is -2.17. The van der Waals surface area contributed by atoms with Crippen molar-refractivity contribution in [1.29, 1.82) is 0 Å². The summed E-state index contributed by atoms with van der Waals surface area (Å²) in [4.78, 5) is 38.7. The number of carboxylic acid groups (broad SMARTS) is 1. The third kappa shape index (κ3) is 3.59. The summed E-state index contributed by atoms with van der Waals surface area (Å²) in [6.07, 6.45) is 5.91. The van der Waals surface area contributed by atoms with Gasteiger partial charge in [0.05, 0.1) is 16.7 Å². The molecule has 28 heavy (non-hydrogen) atoms. The summed E-state index contributed by atoms with van der Waals surface area (Å²) in [6.45, 7) is 11.3. The molecule has 2 rings (SSSR count). The number of nitrogens with zero attached hydrogens (tertiary/aromatic N) is 1. The van der Waals surface area contributed by atoms with E-state index in [9.17, 15) is 19.5 Å². The van der Waals surface area contributed by atoms with Crippen LogP contribution in [0, 0.1) is 10.8 Å². The van der Waals surface area contributed by atoms with Crippen LogP contribution in [-0.4, -0.2) is 34.3 Å². The number of benzene rings is 1. The van der Waals surface area contributed by atoms with E-state index >= 15 is 0 Å². The molecule has 0 bridgehead atoms. The zero-order valence-electron chi connectivity index (χ0n) is 17.8. The van der Waals surface area contributed by atoms with Gasteiger partial charge < -0.3 is 5.11 Å². The number of carboxylic acids is 1. The molecule has 1 aromatic carbocycles. The van der Waals surface area contributed by atoms with Crippen LogP contribution in [-0.2, 0) is 0 Å². The smallest absolute Gasteiger partial charge is 0.335 e. The van der Waals surface area contributed by atoms with Crippen LogP contribution in [0.5, 0.6) is 0 Å². The van der Waals surface area contributed by atoms with E-state index in [1.54, 1.807) is 0 Å². The Labute approximate surface area is 168 Å². The lowest BCUT2D eigenvalue weighted by atomic mass is 9.57. The number of carbonyl (C=O) groups is 3. The van der Waals surface area contributed by atoms with Gasteiger partial charge in [0.25, 0.3) is 11.8 Å². The highest BCUT2D eigenvalue weighted by atomic mass is 16.4. The van der Waals surface area contributed by atoms with Crippen LogP contribution < -0.4 is 0 Å². The third-order valence-electron chi connectivity index (χ3n) is 6.95. The molecule has 154 valence electrons. The summed E-state index contributed by atoms with van der Waals surface area (Å²) < 4.78 is 0. The summed E-state index contributed by atoms with van der Waals surface area (Å²) in [5.41, 5.74) is 0.413. The molecule has 1 aliphatic rings. The van der Waals surface area contributed by atoms with E-state index in [0.29, 0.717) is 12.1 Å². The average Bonchev–Trinajstić information content (AvgIpc) is 2.91. The molecule has 2 atom stereocenters. The molecule has 5 heteroatoms. The van der Waals surface area contributed by atoms with Gasteiger partial charge in [-0.1, -0.05) is 53.9 Å². The summed E-state index contributed by atoms with van der Waals surface area (Å²) in [5.74, 6) is -1.77. The van der Waals surface area contributed by atoms with Gasteiger partial charge in [-0.15, -0.1) is 0 Å². The molecule has 0 spiro atoms. The van der Waals surface area contributed by atoms with Crippen molar-refractivity contribution in [2.75, 3.05) is 6.54 Å². The first-order valence-electron chi connectivity index (χ1n) is 10.4. The number of imide groups is 1. The van der Waals surface area contributed by atoms with Crippen LogP contribution >= 0.6 is 0 Å². The van der Waals surface area contributed by atoms with Gasteiger partial charge in [-0.3, -0.25) is 14.5 Å². The monoisotopic (exact) mass is 387 g/mol. The Morgan fingerprint density at radius 3 is 2.07 bits per heavy atom. The maximum Gasteiger partial charge on any atom is 0.335 e. The first-order valence-corrected chi connectivity index (χ1v) is 10.4. The molecular weight excluding hydrogens is 354 g/mol. The van der Waals surface area contributed by atoms with Crippen LogP contribution in [0.2, 0.25) is 0 Å². The van der Waals surface area contributed by atoms with Crippen LogP contribution in [0.1, 0.15) is 104 Å². The Bertz CT molecular complexity index is 772. The number of hydrogen-bond donors (Lipinski definition) is 1. The standard InChI is InChI=1S/C23H33NO4/c1-6-12-22(5,8-3)23(9-4,13-7-2)15-24-19(25)17-11-10-16(21(27)28)14-18(17)20(24)26/h10-11,14H,6-9,12-13,15H2,1-5H3,(H,27,28). The zero-order valence-corrected chi connectivity index (χ0v) is 17.8. The molecule has 1 aliphatic heterocycles. The fraction of sp³-hybridized carbons (Fsp3) is 0.609. The summed E-state index contributed by atoms with van der Waals surface area (Å²) in [7, 11) is 0. The highest BCUT2D eigenvalue weighted by Gasteiger charge is 2.49. The van der Waals surface area contributed by atoms with Crippen molar-refractivity contribution in [1.82, 2.24) is 4.90 Å². The molecule has 1 aromatic rings. The lowest BCUT2D eigenvalue weighted by molar-refractivity contribution is -0.00561. The van der Waals surface area contributed by atoms with E-state index in [1.165, 1.54) is 23.1 Å². The molecule has 2 unspecified atom stereocenters. The van der Waals surface area contributed by atoms with Gasteiger partial charge in [-0.25, -0.2) is 4.79 Å². The third-order valence-corrected chi connectivity index (χ3v) is 6.95. The SMILES string of the molecule is CCCC(C)(CC)C(CC)(CCC)CN1C(=O)c2ccc(C(=O)O)cc2C1=O. The molecule has 2 amide bonds. The van der Waals surface area contributed by atoms with Gasteiger partial charge in [0.1, 0.15) is 0 Å². The minimum atomic E-state index is -1.10. The van der Waals surface area contributed by atoms with E-state index < -0.39 is 5.97 Å². The van der Waals surface area contributed by atoms with Gasteiger partial charge in [0.15, 0.2) is 0 Å². The van der Waals surface area contributed by atoms with Crippen molar-refractivity contribution in [3.63, 3.8) is 0 Å². The summed E-state index contributed by atoms with van der Waals surface area (Å²) in [5, 5.41) is 9.22. The highest BCUT2D eigenvalue weighted by molar-refractivity contribution is 6.22. The van der Waals surface area contributed by atoms with Crippen molar-refractivity contribution in [3.8, 4) is 0 Å². The van der Waals surface area contributed by atoms with Crippen molar-refractivity contribution in [3.05, 3.63) is 34.9 Å². The molecule has 1 heterocycles. The summed E-state index contributed by atoms with van der Waals surface area (Å²) >= 11 is 0. The second-order valence-electron chi connectivity index (χ2n) is 8.31. The lowest BCUT2D eigenvalue weighted by Gasteiger charge is -2.50. The van der Waals surface area contributed by atoms with Crippen LogP contribution in [0.25, 0.3) is 0 Å². The molecule has 0 aromatic heterocycles. The largest absolute Gasteiger partial charge is 0.478 e. The Kier molecular flexibility index (Phi) is 6.68. The fourth-order valence-electron chi connectivity index (χ4n) is 5.00. The van der Waals surface area contributed by atoms with Crippen molar-refractivity contribution in [2.45, 2.75) is 73.1 Å². The number of rotatable bonds is 10. The van der Waals surface area contributed by atoms with Crippen LogP contribution in [0.3, 0.4) is 0 Å². The Morgan fingerprint density at radius 1 is 0.964 bits per heavy atom. The van der Waals surface area contributed by atoms with Gasteiger partial charge in [-0.2, -0.15) is 0 Å². The molecule has 0 saturated heterocycles. The second kappa shape index (κ2) is 8.46. The van der Waals surface area contributed by atoms with Gasteiger partial charge in [0, 0.05) is 6.54 Å². The minimum absolute atomic E-state index is 0.0219. The van der Waals surface area contributed by atoms with Gasteiger partial charge in [-0.05, 0) is 48.3 Å². The van der Waals surface area contributed by atoms with E-state index in [4.69, 9.17) is 0 Å². The second-order valence-corrected chi connectivity index (χ2v) is 8.31. The number of fused-ring (bicyclic) bond motifs is 1. The van der Waals surface area contributed by atoms with Crippen LogP contribution in [0.4, 0.5) is 0 Å². The first kappa shape index (κ1) is 22.1. The molecule has 0 aliphatic carbocycles. The van der Waals surface area contributed by atoms with Crippen molar-refractivity contribution >= 4 is 17.8 Å². The number of carbonyl (C=O) groups excluding carboxylic acids is 2. The quantitative estimate of drug-likeness (QED) is 0.546. The fourth-order valence-corrected chi connectivity index (χ4v) is 5.00. The average molecular weight is 388 g/mol. The first-order chi connectivity index (χ1) is 13.2. The van der Waals surface area contributed by atoms with E-state index in [-0.39, 0.29) is 33.8 Å². The molecular formula is C23H33NO4. The molecule has 5 nitrogen and oxygen atoms in total. The maximum atomic E-state index is 13.1. The highest BCUT2D eigenvalue weighted by Crippen LogP contribution is 2.52. The van der Waals surface area contributed by atoms with Crippen molar-refractivity contribution in [2.24, 2.45) is 10.8 Å². The number of aromatic carboxylic acids is 1. The van der Waals surface area contributed by atoms with Gasteiger partial charge in [0.2, 0.25) is 0 Å². The van der Waals surface area contributed by atoms with Gasteiger partial charge >= 0.3 is 5.97 Å². The lowest BCUT2D eigenvalue weighted by Crippen LogP contribution is -2.49.